The first-order valence-corrected chi connectivity index (χ1v) is 10.1. The second-order valence-corrected chi connectivity index (χ2v) is 7.67. The fraction of sp³-hybridized carbons (Fsp3) is 0.227. The van der Waals surface area contributed by atoms with Crippen LogP contribution in [-0.4, -0.2) is 17.1 Å². The summed E-state index contributed by atoms with van der Waals surface area (Å²) in [7, 11) is 0. The first kappa shape index (κ1) is 19.1. The number of aromatic nitrogens is 1. The molecule has 6 nitrogen and oxygen atoms in total. The summed E-state index contributed by atoms with van der Waals surface area (Å²) < 4.78 is 12.9. The molecular formula is C22H20N2O4S. The van der Waals surface area contributed by atoms with Gasteiger partial charge in [-0.15, -0.1) is 0 Å². The molecule has 0 fully saturated rings. The summed E-state index contributed by atoms with van der Waals surface area (Å²) in [5.74, 6) is 0.913. The average Bonchev–Trinajstić information content (AvgIpc) is 3.24. The maximum atomic E-state index is 13.3. The second-order valence-electron chi connectivity index (χ2n) is 6.66. The van der Waals surface area contributed by atoms with Gasteiger partial charge in [-0.05, 0) is 38.5 Å². The zero-order valence-electron chi connectivity index (χ0n) is 16.3. The molecule has 0 bridgehead atoms. The van der Waals surface area contributed by atoms with Gasteiger partial charge in [-0.2, -0.15) is 0 Å². The van der Waals surface area contributed by atoms with Crippen LogP contribution in [0.2, 0.25) is 0 Å². The zero-order chi connectivity index (χ0) is 20.5. The van der Waals surface area contributed by atoms with Gasteiger partial charge in [0.1, 0.15) is 11.5 Å². The maximum Gasteiger partial charge on any atom is 0.338 e. The summed E-state index contributed by atoms with van der Waals surface area (Å²) in [6.07, 6.45) is 1.71. The van der Waals surface area contributed by atoms with Gasteiger partial charge >= 0.3 is 5.97 Å². The van der Waals surface area contributed by atoms with Gasteiger partial charge in [0.2, 0.25) is 0 Å². The molecule has 0 N–H and O–H groups in total. The van der Waals surface area contributed by atoms with E-state index in [1.807, 2.05) is 49.4 Å². The molecule has 0 aliphatic carbocycles. The van der Waals surface area contributed by atoms with Crippen LogP contribution in [0.5, 0.6) is 0 Å². The van der Waals surface area contributed by atoms with Crippen LogP contribution in [0.4, 0.5) is 0 Å². The van der Waals surface area contributed by atoms with Crippen LogP contribution in [0.3, 0.4) is 0 Å². The van der Waals surface area contributed by atoms with Crippen LogP contribution < -0.4 is 14.9 Å². The molecule has 1 aliphatic heterocycles. The Morgan fingerprint density at radius 1 is 1.24 bits per heavy atom. The number of carbonyl (C=O) groups is 1. The van der Waals surface area contributed by atoms with Crippen molar-refractivity contribution < 1.29 is 13.9 Å². The molecule has 3 aromatic rings. The summed E-state index contributed by atoms with van der Waals surface area (Å²) >= 11 is 1.28. The van der Waals surface area contributed by atoms with E-state index in [1.54, 1.807) is 24.5 Å². The van der Waals surface area contributed by atoms with Crippen molar-refractivity contribution in [1.29, 1.82) is 0 Å². The first-order chi connectivity index (χ1) is 14.0. The molecule has 0 saturated heterocycles. The van der Waals surface area contributed by atoms with Crippen molar-refractivity contribution in [2.45, 2.75) is 26.8 Å². The number of furan rings is 1. The number of ether oxygens (including phenoxy) is 1. The Morgan fingerprint density at radius 2 is 2.00 bits per heavy atom. The SMILES string of the molecule is CCOC(=O)C1=C(C)N=c2s/c(=C\c3ccc(C)o3)c(=O)n2C1c1ccccc1. The van der Waals surface area contributed by atoms with E-state index >= 15 is 0 Å². The molecule has 0 amide bonds. The molecule has 1 unspecified atom stereocenters. The number of thiazole rings is 1. The Morgan fingerprint density at radius 3 is 2.66 bits per heavy atom. The third-order valence-corrected chi connectivity index (χ3v) is 5.65. The quantitative estimate of drug-likeness (QED) is 0.622. The number of allylic oxidation sites excluding steroid dienone is 1. The Hall–Kier alpha value is -3.19. The minimum absolute atomic E-state index is 0.217. The first-order valence-electron chi connectivity index (χ1n) is 9.30. The van der Waals surface area contributed by atoms with Crippen LogP contribution in [0, 0.1) is 6.92 Å². The topological polar surface area (TPSA) is 73.8 Å². The van der Waals surface area contributed by atoms with Crippen molar-refractivity contribution in [1.82, 2.24) is 4.57 Å². The lowest BCUT2D eigenvalue weighted by molar-refractivity contribution is -0.139. The molecule has 4 rings (SSSR count). The summed E-state index contributed by atoms with van der Waals surface area (Å²) in [4.78, 5) is 31.1. The van der Waals surface area contributed by atoms with E-state index in [0.29, 0.717) is 26.4 Å². The number of hydrogen-bond donors (Lipinski definition) is 0. The number of aryl methyl sites for hydroxylation is 1. The molecular weight excluding hydrogens is 388 g/mol. The van der Waals surface area contributed by atoms with E-state index in [1.165, 1.54) is 11.3 Å². The van der Waals surface area contributed by atoms with Gasteiger partial charge in [-0.1, -0.05) is 41.7 Å². The van der Waals surface area contributed by atoms with Gasteiger partial charge in [0.25, 0.3) is 5.56 Å². The van der Waals surface area contributed by atoms with Crippen molar-refractivity contribution in [3.63, 3.8) is 0 Å². The normalized spacial score (nSPS) is 16.5. The predicted octanol–water partition coefficient (Wildman–Crippen LogP) is 2.70. The maximum absolute atomic E-state index is 13.3. The number of nitrogens with zero attached hydrogens (tertiary/aromatic N) is 2. The van der Waals surface area contributed by atoms with Gasteiger partial charge < -0.3 is 9.15 Å². The molecule has 7 heteroatoms. The van der Waals surface area contributed by atoms with Gasteiger partial charge in [0, 0.05) is 6.08 Å². The number of hydrogen-bond acceptors (Lipinski definition) is 6. The highest BCUT2D eigenvalue weighted by molar-refractivity contribution is 7.07. The van der Waals surface area contributed by atoms with Gasteiger partial charge in [0.05, 0.1) is 28.5 Å². The molecule has 0 saturated carbocycles. The summed E-state index contributed by atoms with van der Waals surface area (Å²) in [6, 6.07) is 12.5. The molecule has 3 heterocycles. The molecule has 29 heavy (non-hydrogen) atoms. The largest absolute Gasteiger partial charge is 0.463 e. The smallest absolute Gasteiger partial charge is 0.338 e. The third kappa shape index (κ3) is 3.49. The molecule has 148 valence electrons. The molecule has 1 atom stereocenters. The fourth-order valence-electron chi connectivity index (χ4n) is 3.40. The Bertz CT molecular complexity index is 1280. The van der Waals surface area contributed by atoms with Crippen LogP contribution in [0.15, 0.2) is 67.9 Å². The van der Waals surface area contributed by atoms with Crippen molar-refractivity contribution in [3.05, 3.63) is 90.5 Å². The third-order valence-electron chi connectivity index (χ3n) is 4.67. The number of benzene rings is 1. The van der Waals surface area contributed by atoms with Crippen LogP contribution >= 0.6 is 11.3 Å². The number of carbonyl (C=O) groups excluding carboxylic acids is 1. The van der Waals surface area contributed by atoms with Crippen molar-refractivity contribution in [2.75, 3.05) is 6.61 Å². The number of rotatable bonds is 4. The lowest BCUT2D eigenvalue weighted by Gasteiger charge is -2.24. The van der Waals surface area contributed by atoms with Gasteiger partial charge in [0.15, 0.2) is 4.80 Å². The van der Waals surface area contributed by atoms with Crippen LogP contribution in [0.25, 0.3) is 6.08 Å². The predicted molar refractivity (Wildman–Crippen MR) is 110 cm³/mol. The van der Waals surface area contributed by atoms with E-state index in [4.69, 9.17) is 9.15 Å². The molecule has 1 aromatic carbocycles. The minimum Gasteiger partial charge on any atom is -0.463 e. The molecule has 0 spiro atoms. The summed E-state index contributed by atoms with van der Waals surface area (Å²) in [5, 5.41) is 0. The Labute approximate surface area is 171 Å². The van der Waals surface area contributed by atoms with Crippen molar-refractivity contribution in [3.8, 4) is 0 Å². The van der Waals surface area contributed by atoms with E-state index in [2.05, 4.69) is 4.99 Å². The summed E-state index contributed by atoms with van der Waals surface area (Å²) in [5.41, 5.74) is 1.54. The Kier molecular flexibility index (Phi) is 5.07. The van der Waals surface area contributed by atoms with Crippen molar-refractivity contribution in [2.24, 2.45) is 4.99 Å². The van der Waals surface area contributed by atoms with E-state index in [0.717, 1.165) is 11.3 Å². The van der Waals surface area contributed by atoms with Crippen LogP contribution in [-0.2, 0) is 9.53 Å². The lowest BCUT2D eigenvalue weighted by atomic mass is 9.96. The molecule has 0 radical (unpaired) electrons. The molecule has 2 aromatic heterocycles. The van der Waals surface area contributed by atoms with E-state index in [9.17, 15) is 9.59 Å². The molecule has 1 aliphatic rings. The zero-order valence-corrected chi connectivity index (χ0v) is 17.2. The highest BCUT2D eigenvalue weighted by atomic mass is 32.1. The van der Waals surface area contributed by atoms with Gasteiger partial charge in [-0.25, -0.2) is 9.79 Å². The highest BCUT2D eigenvalue weighted by Gasteiger charge is 2.33. The van der Waals surface area contributed by atoms with Crippen molar-refractivity contribution >= 4 is 23.4 Å². The standard InChI is InChI=1S/C22H20N2O4S/c1-4-27-21(26)18-14(3)23-22-24(19(18)15-8-6-5-7-9-15)20(25)17(29-22)12-16-11-10-13(2)28-16/h5-12,19H,4H2,1-3H3/b17-12-. The Balaban J connectivity index is 1.96. The fourth-order valence-corrected chi connectivity index (χ4v) is 4.43. The monoisotopic (exact) mass is 408 g/mol. The lowest BCUT2D eigenvalue weighted by Crippen LogP contribution is -2.39. The highest BCUT2D eigenvalue weighted by Crippen LogP contribution is 2.30. The van der Waals surface area contributed by atoms with Gasteiger partial charge in [-0.3, -0.25) is 9.36 Å². The second kappa shape index (κ2) is 7.67. The number of fused-ring (bicyclic) bond motifs is 1. The number of esters is 1. The minimum atomic E-state index is -0.591. The van der Waals surface area contributed by atoms with E-state index in [-0.39, 0.29) is 12.2 Å². The average molecular weight is 408 g/mol. The summed E-state index contributed by atoms with van der Waals surface area (Å²) in [6.45, 7) is 5.63. The van der Waals surface area contributed by atoms with Crippen LogP contribution in [0.1, 0.15) is 37.0 Å². The van der Waals surface area contributed by atoms with E-state index < -0.39 is 12.0 Å².